The van der Waals surface area contributed by atoms with Crippen LogP contribution in [0.4, 0.5) is 0 Å². The predicted octanol–water partition coefficient (Wildman–Crippen LogP) is 4.45. The lowest BCUT2D eigenvalue weighted by atomic mass is 9.98. The van der Waals surface area contributed by atoms with Crippen LogP contribution in [0.3, 0.4) is 0 Å². The zero-order valence-electron chi connectivity index (χ0n) is 14.0. The van der Waals surface area contributed by atoms with Gasteiger partial charge in [-0.15, -0.1) is 22.7 Å². The van der Waals surface area contributed by atoms with Gasteiger partial charge in [-0.25, -0.2) is 0 Å². The highest BCUT2D eigenvalue weighted by molar-refractivity contribution is 7.10. The van der Waals surface area contributed by atoms with Crippen molar-refractivity contribution in [1.29, 1.82) is 0 Å². The van der Waals surface area contributed by atoms with Crippen molar-refractivity contribution >= 4 is 40.2 Å². The van der Waals surface area contributed by atoms with Gasteiger partial charge in [0.1, 0.15) is 6.54 Å². The Kier molecular flexibility index (Phi) is 4.43. The number of nitrogens with zero attached hydrogens (tertiary/aromatic N) is 3. The van der Waals surface area contributed by atoms with E-state index in [1.54, 1.807) is 27.4 Å². The number of amides is 1. The van der Waals surface area contributed by atoms with E-state index >= 15 is 0 Å². The third kappa shape index (κ3) is 2.92. The smallest absolute Gasteiger partial charge is 0.245 e. The first-order chi connectivity index (χ1) is 12.1. The minimum Gasteiger partial charge on any atom is -0.329 e. The highest BCUT2D eigenvalue weighted by Crippen LogP contribution is 2.39. The first kappa shape index (κ1) is 16.8. The van der Waals surface area contributed by atoms with Crippen LogP contribution in [0.2, 0.25) is 5.02 Å². The van der Waals surface area contributed by atoms with Crippen LogP contribution in [0.15, 0.2) is 29.0 Å². The van der Waals surface area contributed by atoms with Gasteiger partial charge in [-0.1, -0.05) is 17.7 Å². The average molecular weight is 392 g/mol. The second-order valence-electron chi connectivity index (χ2n) is 6.20. The first-order valence-electron chi connectivity index (χ1n) is 8.15. The number of carbonyl (C=O) groups is 1. The molecule has 7 heteroatoms. The molecule has 1 aliphatic heterocycles. The number of aromatic nitrogens is 2. The topological polar surface area (TPSA) is 38.1 Å². The van der Waals surface area contributed by atoms with E-state index in [1.165, 1.54) is 15.3 Å². The maximum absolute atomic E-state index is 13.1. The van der Waals surface area contributed by atoms with E-state index in [4.69, 9.17) is 11.6 Å². The van der Waals surface area contributed by atoms with Gasteiger partial charge in [0.05, 0.1) is 22.5 Å². The molecule has 0 fully saturated rings. The minimum atomic E-state index is 0.00920. The van der Waals surface area contributed by atoms with E-state index in [0.29, 0.717) is 5.02 Å². The Morgan fingerprint density at radius 2 is 2.16 bits per heavy atom. The fourth-order valence-corrected chi connectivity index (χ4v) is 5.28. The summed E-state index contributed by atoms with van der Waals surface area (Å²) in [5.74, 6) is 0.0810. The standard InChI is InChI=1S/C18H18ClN3OS2/c1-11-17(19)12(2)22(20-11)10-16(23)21-7-5-14-13(6-9-25-14)18(21)15-4-3-8-24-15/h3-4,6,8-9,18H,5,7,10H2,1-2H3. The Morgan fingerprint density at radius 3 is 2.84 bits per heavy atom. The molecule has 0 spiro atoms. The van der Waals surface area contributed by atoms with Crippen LogP contribution in [-0.4, -0.2) is 27.1 Å². The summed E-state index contributed by atoms with van der Waals surface area (Å²) in [7, 11) is 0. The Bertz CT molecular complexity index is 913. The van der Waals surface area contributed by atoms with E-state index in [9.17, 15) is 4.79 Å². The van der Waals surface area contributed by atoms with E-state index < -0.39 is 0 Å². The SMILES string of the molecule is Cc1nn(CC(=O)N2CCc3sccc3C2c2cccs2)c(C)c1Cl. The molecule has 0 bridgehead atoms. The summed E-state index contributed by atoms with van der Waals surface area (Å²) in [6.07, 6.45) is 0.915. The normalized spacial score (nSPS) is 16.9. The van der Waals surface area contributed by atoms with Gasteiger partial charge >= 0.3 is 0 Å². The molecule has 25 heavy (non-hydrogen) atoms. The summed E-state index contributed by atoms with van der Waals surface area (Å²) < 4.78 is 1.72. The van der Waals surface area contributed by atoms with Crippen molar-refractivity contribution in [2.24, 2.45) is 0 Å². The molecule has 1 aliphatic rings. The minimum absolute atomic E-state index is 0.00920. The molecule has 0 radical (unpaired) electrons. The van der Waals surface area contributed by atoms with Crippen LogP contribution in [-0.2, 0) is 17.8 Å². The third-order valence-corrected chi connectivity index (χ3v) is 7.15. The van der Waals surface area contributed by atoms with Gasteiger partial charge in [-0.05, 0) is 48.7 Å². The number of halogens is 1. The molecule has 0 N–H and O–H groups in total. The quantitative estimate of drug-likeness (QED) is 0.661. The highest BCUT2D eigenvalue weighted by atomic mass is 35.5. The van der Waals surface area contributed by atoms with Crippen molar-refractivity contribution in [3.8, 4) is 0 Å². The maximum Gasteiger partial charge on any atom is 0.245 e. The monoisotopic (exact) mass is 391 g/mol. The van der Waals surface area contributed by atoms with Crippen LogP contribution in [0.1, 0.15) is 32.7 Å². The third-order valence-electron chi connectivity index (χ3n) is 4.68. The van der Waals surface area contributed by atoms with Crippen molar-refractivity contribution in [1.82, 2.24) is 14.7 Å². The summed E-state index contributed by atoms with van der Waals surface area (Å²) in [5, 5.41) is 9.24. The van der Waals surface area contributed by atoms with E-state index in [-0.39, 0.29) is 18.5 Å². The van der Waals surface area contributed by atoms with Crippen molar-refractivity contribution in [2.45, 2.75) is 32.9 Å². The number of hydrogen-bond donors (Lipinski definition) is 0. The van der Waals surface area contributed by atoms with Crippen LogP contribution < -0.4 is 0 Å². The maximum atomic E-state index is 13.1. The Balaban J connectivity index is 1.66. The Labute approximate surface area is 159 Å². The number of hydrogen-bond acceptors (Lipinski definition) is 4. The molecule has 3 aromatic rings. The molecule has 1 amide bonds. The molecule has 1 atom stereocenters. The summed E-state index contributed by atoms with van der Waals surface area (Å²) in [5.41, 5.74) is 2.87. The van der Waals surface area contributed by atoms with Crippen LogP contribution in [0.25, 0.3) is 0 Å². The molecule has 0 saturated heterocycles. The molecule has 1 unspecified atom stereocenters. The number of carbonyl (C=O) groups excluding carboxylic acids is 1. The van der Waals surface area contributed by atoms with Crippen LogP contribution >= 0.6 is 34.3 Å². The van der Waals surface area contributed by atoms with E-state index in [0.717, 1.165) is 24.4 Å². The van der Waals surface area contributed by atoms with Gasteiger partial charge in [0.2, 0.25) is 5.91 Å². The second-order valence-corrected chi connectivity index (χ2v) is 8.55. The predicted molar refractivity (Wildman–Crippen MR) is 103 cm³/mol. The van der Waals surface area contributed by atoms with Crippen molar-refractivity contribution in [3.63, 3.8) is 0 Å². The summed E-state index contributed by atoms with van der Waals surface area (Å²) >= 11 is 9.71. The molecule has 0 aromatic carbocycles. The zero-order valence-corrected chi connectivity index (χ0v) is 16.4. The second kappa shape index (κ2) is 6.59. The molecule has 4 rings (SSSR count). The van der Waals surface area contributed by atoms with Crippen molar-refractivity contribution in [2.75, 3.05) is 6.54 Å². The molecular formula is C18H18ClN3OS2. The highest BCUT2D eigenvalue weighted by Gasteiger charge is 2.33. The fraction of sp³-hybridized carbons (Fsp3) is 0.333. The summed E-state index contributed by atoms with van der Waals surface area (Å²) in [4.78, 5) is 17.7. The van der Waals surface area contributed by atoms with Gasteiger partial charge in [-0.3, -0.25) is 9.48 Å². The molecule has 0 aliphatic carbocycles. The first-order valence-corrected chi connectivity index (χ1v) is 10.3. The van der Waals surface area contributed by atoms with Gasteiger partial charge in [0, 0.05) is 16.3 Å². The molecule has 130 valence electrons. The lowest BCUT2D eigenvalue weighted by Crippen LogP contribution is -2.41. The van der Waals surface area contributed by atoms with E-state index in [1.807, 2.05) is 24.8 Å². The molecular weight excluding hydrogens is 374 g/mol. The number of aryl methyl sites for hydroxylation is 1. The molecule has 3 aromatic heterocycles. The number of fused-ring (bicyclic) bond motifs is 1. The van der Waals surface area contributed by atoms with Crippen LogP contribution in [0, 0.1) is 13.8 Å². The van der Waals surface area contributed by atoms with Gasteiger partial charge in [0.25, 0.3) is 0 Å². The molecule has 4 heterocycles. The Morgan fingerprint density at radius 1 is 1.32 bits per heavy atom. The number of rotatable bonds is 3. The summed E-state index contributed by atoms with van der Waals surface area (Å²) in [6, 6.07) is 6.33. The van der Waals surface area contributed by atoms with Crippen molar-refractivity contribution < 1.29 is 4.79 Å². The Hall–Kier alpha value is -1.63. The van der Waals surface area contributed by atoms with Gasteiger partial charge in [0.15, 0.2) is 0 Å². The molecule has 0 saturated carbocycles. The van der Waals surface area contributed by atoms with Gasteiger partial charge < -0.3 is 4.90 Å². The lowest BCUT2D eigenvalue weighted by Gasteiger charge is -2.35. The number of thiophene rings is 2. The summed E-state index contributed by atoms with van der Waals surface area (Å²) in [6.45, 7) is 4.73. The average Bonchev–Trinajstić information content (AvgIpc) is 3.33. The molecule has 4 nitrogen and oxygen atoms in total. The van der Waals surface area contributed by atoms with E-state index in [2.05, 4.69) is 28.0 Å². The van der Waals surface area contributed by atoms with Gasteiger partial charge in [-0.2, -0.15) is 5.10 Å². The lowest BCUT2D eigenvalue weighted by molar-refractivity contribution is -0.134. The zero-order chi connectivity index (χ0) is 17.6. The van der Waals surface area contributed by atoms with Crippen LogP contribution in [0.5, 0.6) is 0 Å². The van der Waals surface area contributed by atoms with Crippen molar-refractivity contribution in [3.05, 3.63) is 60.7 Å². The largest absolute Gasteiger partial charge is 0.329 e. The fourth-order valence-electron chi connectivity index (χ4n) is 3.39.